The number of Topliss-reactive ketones (excluding diaryl/α,β-unsaturated/α-hetero) is 1. The zero-order chi connectivity index (χ0) is 18.2. The van der Waals surface area contributed by atoms with Crippen molar-refractivity contribution in [1.82, 2.24) is 9.97 Å². The predicted octanol–water partition coefficient (Wildman–Crippen LogP) is 4.73. The van der Waals surface area contributed by atoms with E-state index in [1.807, 2.05) is 0 Å². The molecule has 128 valence electrons. The van der Waals surface area contributed by atoms with E-state index >= 15 is 0 Å². The van der Waals surface area contributed by atoms with Crippen LogP contribution in [0.1, 0.15) is 23.1 Å². The maximum absolute atomic E-state index is 13.5. The third-order valence-electron chi connectivity index (χ3n) is 3.44. The van der Waals surface area contributed by atoms with Crippen molar-refractivity contribution in [2.45, 2.75) is 13.1 Å². The van der Waals surface area contributed by atoms with E-state index in [1.54, 1.807) is 18.2 Å². The molecular weight excluding hydrogens is 338 g/mol. The highest BCUT2D eigenvalue weighted by Crippen LogP contribution is 2.31. The number of rotatable bonds is 3. The van der Waals surface area contributed by atoms with Gasteiger partial charge in [0.15, 0.2) is 5.78 Å². The minimum atomic E-state index is -4.75. The molecule has 3 rings (SSSR count). The molecule has 4 nitrogen and oxygen atoms in total. The molecule has 3 aromatic rings. The molecule has 0 radical (unpaired) electrons. The van der Waals surface area contributed by atoms with Gasteiger partial charge in [0.1, 0.15) is 11.6 Å². The van der Waals surface area contributed by atoms with Crippen molar-refractivity contribution in [3.8, 4) is 0 Å². The van der Waals surface area contributed by atoms with Crippen molar-refractivity contribution in [1.29, 1.82) is 0 Å². The number of fused-ring (bicyclic) bond motifs is 1. The van der Waals surface area contributed by atoms with Crippen LogP contribution in [0.2, 0.25) is 0 Å². The van der Waals surface area contributed by atoms with Crippen LogP contribution in [-0.2, 0) is 6.18 Å². The zero-order valence-electron chi connectivity index (χ0n) is 12.9. The lowest BCUT2D eigenvalue weighted by molar-refractivity contribution is -0.144. The fourth-order valence-corrected chi connectivity index (χ4v) is 2.28. The van der Waals surface area contributed by atoms with Gasteiger partial charge in [-0.3, -0.25) is 4.79 Å². The molecule has 1 heterocycles. The van der Waals surface area contributed by atoms with Crippen molar-refractivity contribution < 1.29 is 22.4 Å². The molecule has 0 spiro atoms. The number of halogens is 4. The Bertz CT molecular complexity index is 970. The highest BCUT2D eigenvalue weighted by molar-refractivity contribution is 5.96. The highest BCUT2D eigenvalue weighted by atomic mass is 19.4. The number of anilines is 2. The van der Waals surface area contributed by atoms with Gasteiger partial charge in [0.25, 0.3) is 0 Å². The zero-order valence-corrected chi connectivity index (χ0v) is 12.9. The first-order chi connectivity index (χ1) is 11.7. The molecule has 0 atom stereocenters. The van der Waals surface area contributed by atoms with Crippen LogP contribution < -0.4 is 5.32 Å². The van der Waals surface area contributed by atoms with Gasteiger partial charge in [0, 0.05) is 16.6 Å². The second kappa shape index (κ2) is 6.12. The van der Waals surface area contributed by atoms with Crippen molar-refractivity contribution >= 4 is 28.2 Å². The Morgan fingerprint density at radius 1 is 1.08 bits per heavy atom. The molecule has 0 aliphatic heterocycles. The molecule has 1 N–H and O–H groups in total. The number of nitrogens with zero attached hydrogens (tertiary/aromatic N) is 2. The van der Waals surface area contributed by atoms with Crippen LogP contribution >= 0.6 is 0 Å². The second-order valence-electron chi connectivity index (χ2n) is 5.32. The van der Waals surface area contributed by atoms with Crippen LogP contribution in [0.3, 0.4) is 0 Å². The summed E-state index contributed by atoms with van der Waals surface area (Å²) in [7, 11) is 0. The molecule has 0 saturated heterocycles. The summed E-state index contributed by atoms with van der Waals surface area (Å²) in [4.78, 5) is 18.4. The molecule has 0 bridgehead atoms. The number of carbonyl (C=O) groups excluding carboxylic acids is 1. The van der Waals surface area contributed by atoms with E-state index < -0.39 is 17.8 Å². The SMILES string of the molecule is CC(=O)c1cccc(Nc2nc(C(F)(F)F)nc3ccc(F)cc23)c1. The van der Waals surface area contributed by atoms with Gasteiger partial charge in [-0.25, -0.2) is 14.4 Å². The standard InChI is InChI=1S/C17H11F4N3O/c1-9(25)10-3-2-4-12(7-10)22-15-13-8-11(18)5-6-14(13)23-16(24-15)17(19,20)21/h2-8H,1H3,(H,22,23,24). The van der Waals surface area contributed by atoms with Crippen molar-refractivity contribution in [2.75, 3.05) is 5.32 Å². The molecule has 0 aliphatic rings. The third-order valence-corrected chi connectivity index (χ3v) is 3.44. The van der Waals surface area contributed by atoms with E-state index in [9.17, 15) is 22.4 Å². The van der Waals surface area contributed by atoms with Crippen LogP contribution in [-0.4, -0.2) is 15.8 Å². The Labute approximate surface area is 139 Å². The first-order valence-electron chi connectivity index (χ1n) is 7.16. The average molecular weight is 349 g/mol. The Balaban J connectivity index is 2.15. The van der Waals surface area contributed by atoms with Crippen molar-refractivity contribution in [3.05, 3.63) is 59.7 Å². The number of nitrogens with one attached hydrogen (secondary N) is 1. The van der Waals surface area contributed by atoms with Gasteiger partial charge < -0.3 is 5.32 Å². The lowest BCUT2D eigenvalue weighted by Crippen LogP contribution is -2.13. The molecule has 1 aromatic heterocycles. The van der Waals surface area contributed by atoms with Crippen LogP contribution in [0.25, 0.3) is 10.9 Å². The van der Waals surface area contributed by atoms with Crippen molar-refractivity contribution in [3.63, 3.8) is 0 Å². The van der Waals surface area contributed by atoms with E-state index in [2.05, 4.69) is 15.3 Å². The Kier molecular flexibility index (Phi) is 4.12. The van der Waals surface area contributed by atoms with E-state index in [-0.39, 0.29) is 22.5 Å². The topological polar surface area (TPSA) is 54.9 Å². The summed E-state index contributed by atoms with van der Waals surface area (Å²) in [5.74, 6) is -2.36. The van der Waals surface area contributed by atoms with E-state index in [0.29, 0.717) is 11.3 Å². The van der Waals surface area contributed by atoms with Gasteiger partial charge in [-0.1, -0.05) is 12.1 Å². The normalized spacial score (nSPS) is 11.6. The first kappa shape index (κ1) is 16.8. The number of hydrogen-bond acceptors (Lipinski definition) is 4. The van der Waals surface area contributed by atoms with Gasteiger partial charge in [-0.2, -0.15) is 13.2 Å². The molecule has 25 heavy (non-hydrogen) atoms. The van der Waals surface area contributed by atoms with Crippen LogP contribution in [0.4, 0.5) is 29.1 Å². The summed E-state index contributed by atoms with van der Waals surface area (Å²) in [5, 5.41) is 2.81. The fourth-order valence-electron chi connectivity index (χ4n) is 2.28. The minimum absolute atomic E-state index is 0.0473. The number of hydrogen-bond donors (Lipinski definition) is 1. The molecule has 0 fully saturated rings. The van der Waals surface area contributed by atoms with Crippen LogP contribution in [0.15, 0.2) is 42.5 Å². The summed E-state index contributed by atoms with van der Waals surface area (Å²) in [6, 6.07) is 9.41. The number of aromatic nitrogens is 2. The van der Waals surface area contributed by atoms with Gasteiger partial charge in [-0.15, -0.1) is 0 Å². The summed E-state index contributed by atoms with van der Waals surface area (Å²) in [5.41, 5.74) is 0.685. The Hall–Kier alpha value is -3.03. The summed E-state index contributed by atoms with van der Waals surface area (Å²) < 4.78 is 52.5. The summed E-state index contributed by atoms with van der Waals surface area (Å²) in [6.45, 7) is 1.37. The lowest BCUT2D eigenvalue weighted by Gasteiger charge is -2.13. The predicted molar refractivity (Wildman–Crippen MR) is 84.2 cm³/mol. The van der Waals surface area contributed by atoms with Crippen molar-refractivity contribution in [2.24, 2.45) is 0 Å². The molecule has 0 saturated carbocycles. The maximum atomic E-state index is 13.5. The average Bonchev–Trinajstić information content (AvgIpc) is 2.54. The summed E-state index contributed by atoms with van der Waals surface area (Å²) in [6.07, 6.45) is -4.75. The first-order valence-corrected chi connectivity index (χ1v) is 7.16. The smallest absolute Gasteiger partial charge is 0.340 e. The molecule has 0 aliphatic carbocycles. The van der Waals surface area contributed by atoms with E-state index in [0.717, 1.165) is 18.2 Å². The second-order valence-corrected chi connectivity index (χ2v) is 5.32. The minimum Gasteiger partial charge on any atom is -0.340 e. The van der Waals surface area contributed by atoms with Gasteiger partial charge in [0.05, 0.1) is 5.52 Å². The van der Waals surface area contributed by atoms with E-state index in [1.165, 1.54) is 13.0 Å². The molecule has 8 heteroatoms. The Morgan fingerprint density at radius 2 is 1.84 bits per heavy atom. The van der Waals surface area contributed by atoms with E-state index in [4.69, 9.17) is 0 Å². The maximum Gasteiger partial charge on any atom is 0.451 e. The van der Waals surface area contributed by atoms with Gasteiger partial charge >= 0.3 is 6.18 Å². The quantitative estimate of drug-likeness (QED) is 0.548. The molecule has 2 aromatic carbocycles. The third kappa shape index (κ3) is 3.57. The lowest BCUT2D eigenvalue weighted by atomic mass is 10.1. The number of alkyl halides is 3. The molecular formula is C17H11F4N3O. The van der Waals surface area contributed by atoms with Crippen LogP contribution in [0.5, 0.6) is 0 Å². The molecule has 0 unspecified atom stereocenters. The summed E-state index contributed by atoms with van der Waals surface area (Å²) >= 11 is 0. The van der Waals surface area contributed by atoms with Gasteiger partial charge in [-0.05, 0) is 37.3 Å². The Morgan fingerprint density at radius 3 is 2.52 bits per heavy atom. The monoisotopic (exact) mass is 349 g/mol. The molecule has 0 amide bonds. The fraction of sp³-hybridized carbons (Fsp3) is 0.118. The number of carbonyl (C=O) groups is 1. The number of ketones is 1. The highest BCUT2D eigenvalue weighted by Gasteiger charge is 2.35. The number of benzene rings is 2. The van der Waals surface area contributed by atoms with Crippen LogP contribution in [0, 0.1) is 5.82 Å². The largest absolute Gasteiger partial charge is 0.451 e. The van der Waals surface area contributed by atoms with Gasteiger partial charge in [0.2, 0.25) is 5.82 Å².